The van der Waals surface area contributed by atoms with Gasteiger partial charge in [-0.2, -0.15) is 0 Å². The van der Waals surface area contributed by atoms with E-state index in [0.29, 0.717) is 13.1 Å². The average molecular weight is 353 g/mol. The minimum Gasteiger partial charge on any atom is -0.342 e. The van der Waals surface area contributed by atoms with E-state index in [4.69, 9.17) is 0 Å². The number of aromatic amines is 1. The van der Waals surface area contributed by atoms with Gasteiger partial charge in [0, 0.05) is 13.1 Å². The van der Waals surface area contributed by atoms with Gasteiger partial charge in [-0.1, -0.05) is 48.2 Å². The van der Waals surface area contributed by atoms with Crippen LogP contribution >= 0.6 is 11.8 Å². The number of aryl methyl sites for hydroxylation is 1. The number of carbonyl (C=O) groups is 1. The number of hydrogen-bond acceptors (Lipinski definition) is 3. The third-order valence-electron chi connectivity index (χ3n) is 4.25. The molecule has 0 fully saturated rings. The number of nitrogens with one attached hydrogen (secondary N) is 1. The summed E-state index contributed by atoms with van der Waals surface area (Å²) in [5.74, 6) is 0.123. The Balaban J connectivity index is 1.94. The molecule has 5 heteroatoms. The van der Waals surface area contributed by atoms with Crippen LogP contribution in [0.1, 0.15) is 30.2 Å². The minimum absolute atomic E-state index is 0.123. The highest BCUT2D eigenvalue weighted by molar-refractivity contribution is 8.00. The lowest BCUT2D eigenvalue weighted by atomic mass is 10.1. The molecule has 1 aromatic heterocycles. The lowest BCUT2D eigenvalue weighted by Crippen LogP contribution is -2.33. The van der Waals surface area contributed by atoms with Crippen molar-refractivity contribution in [2.75, 3.05) is 13.1 Å². The van der Waals surface area contributed by atoms with Crippen LogP contribution in [0.25, 0.3) is 11.0 Å². The number of benzene rings is 2. The summed E-state index contributed by atoms with van der Waals surface area (Å²) >= 11 is 1.48. The third-order valence-corrected chi connectivity index (χ3v) is 5.37. The van der Waals surface area contributed by atoms with E-state index in [2.05, 4.69) is 23.0 Å². The number of likely N-dealkylation sites (N-methyl/N-ethyl adjacent to an activating group) is 1. The number of carbonyl (C=O) groups excluding carboxylic acids is 1. The summed E-state index contributed by atoms with van der Waals surface area (Å²) in [6.45, 7) is 7.50. The zero-order chi connectivity index (χ0) is 17.8. The highest BCUT2D eigenvalue weighted by Crippen LogP contribution is 2.36. The fourth-order valence-electron chi connectivity index (χ4n) is 2.86. The predicted molar refractivity (Wildman–Crippen MR) is 104 cm³/mol. The Morgan fingerprint density at radius 2 is 1.88 bits per heavy atom. The van der Waals surface area contributed by atoms with E-state index in [9.17, 15) is 4.79 Å². The molecule has 0 bridgehead atoms. The monoisotopic (exact) mass is 353 g/mol. The van der Waals surface area contributed by atoms with Gasteiger partial charge in [0.15, 0.2) is 5.16 Å². The van der Waals surface area contributed by atoms with Gasteiger partial charge in [-0.25, -0.2) is 4.98 Å². The number of fused-ring (bicyclic) bond motifs is 1. The quantitative estimate of drug-likeness (QED) is 0.660. The second-order valence-corrected chi connectivity index (χ2v) is 7.08. The van der Waals surface area contributed by atoms with Crippen molar-refractivity contribution >= 4 is 28.7 Å². The van der Waals surface area contributed by atoms with Crippen LogP contribution in [0.5, 0.6) is 0 Å². The first-order valence-corrected chi connectivity index (χ1v) is 9.47. The summed E-state index contributed by atoms with van der Waals surface area (Å²) in [7, 11) is 0. The van der Waals surface area contributed by atoms with Crippen LogP contribution in [-0.4, -0.2) is 33.9 Å². The first-order valence-electron chi connectivity index (χ1n) is 8.59. The van der Waals surface area contributed by atoms with Gasteiger partial charge in [0.2, 0.25) is 5.91 Å². The number of thioether (sulfide) groups is 1. The average Bonchev–Trinajstić information content (AvgIpc) is 3.03. The second-order valence-electron chi connectivity index (χ2n) is 5.98. The van der Waals surface area contributed by atoms with Crippen LogP contribution in [0.3, 0.4) is 0 Å². The number of amides is 1. The smallest absolute Gasteiger partial charge is 0.240 e. The van der Waals surface area contributed by atoms with Gasteiger partial charge in [0.1, 0.15) is 5.25 Å². The first kappa shape index (κ1) is 17.5. The maximum Gasteiger partial charge on any atom is 0.240 e. The Bertz CT molecular complexity index is 856. The van der Waals surface area contributed by atoms with Crippen molar-refractivity contribution in [2.45, 2.75) is 31.2 Å². The van der Waals surface area contributed by atoms with Crippen molar-refractivity contribution in [2.24, 2.45) is 0 Å². The fourth-order valence-corrected chi connectivity index (χ4v) is 3.94. The van der Waals surface area contributed by atoms with Crippen LogP contribution in [0, 0.1) is 6.92 Å². The molecule has 130 valence electrons. The summed E-state index contributed by atoms with van der Waals surface area (Å²) in [6.07, 6.45) is 0. The van der Waals surface area contributed by atoms with Gasteiger partial charge in [-0.3, -0.25) is 4.79 Å². The van der Waals surface area contributed by atoms with Crippen LogP contribution < -0.4 is 0 Å². The van der Waals surface area contributed by atoms with E-state index in [1.54, 1.807) is 0 Å². The summed E-state index contributed by atoms with van der Waals surface area (Å²) in [6, 6.07) is 16.1. The fraction of sp³-hybridized carbons (Fsp3) is 0.300. The van der Waals surface area contributed by atoms with Crippen molar-refractivity contribution in [3.05, 3.63) is 59.7 Å². The molecular formula is C20H23N3OS. The maximum absolute atomic E-state index is 13.0. The Labute approximate surface area is 152 Å². The van der Waals surface area contributed by atoms with Gasteiger partial charge >= 0.3 is 0 Å². The lowest BCUT2D eigenvalue weighted by Gasteiger charge is -2.24. The summed E-state index contributed by atoms with van der Waals surface area (Å²) < 4.78 is 0. The Kier molecular flexibility index (Phi) is 5.43. The molecule has 0 aliphatic rings. The molecule has 0 aliphatic heterocycles. The molecule has 1 amide bonds. The number of rotatable bonds is 6. The Morgan fingerprint density at radius 3 is 2.56 bits per heavy atom. The number of aromatic nitrogens is 2. The molecule has 0 aliphatic carbocycles. The number of nitrogens with zero attached hydrogens (tertiary/aromatic N) is 2. The highest BCUT2D eigenvalue weighted by atomic mass is 32.2. The Morgan fingerprint density at radius 1 is 1.16 bits per heavy atom. The molecule has 0 saturated heterocycles. The SMILES string of the molecule is CCN(CC)C(=O)C(Sc1nc2ccc(C)cc2[nH]1)c1ccccc1. The van der Waals surface area contributed by atoms with Crippen molar-refractivity contribution in [3.63, 3.8) is 0 Å². The second kappa shape index (κ2) is 7.74. The van der Waals surface area contributed by atoms with Gasteiger partial charge in [0.25, 0.3) is 0 Å². The van der Waals surface area contributed by atoms with E-state index in [-0.39, 0.29) is 11.2 Å². The molecule has 4 nitrogen and oxygen atoms in total. The van der Waals surface area contributed by atoms with E-state index >= 15 is 0 Å². The van der Waals surface area contributed by atoms with Crippen molar-refractivity contribution in [1.29, 1.82) is 0 Å². The summed E-state index contributed by atoms with van der Waals surface area (Å²) in [5, 5.41) is 0.470. The number of hydrogen-bond donors (Lipinski definition) is 1. The van der Waals surface area contributed by atoms with E-state index < -0.39 is 0 Å². The van der Waals surface area contributed by atoms with Gasteiger partial charge < -0.3 is 9.88 Å². The van der Waals surface area contributed by atoms with Gasteiger partial charge in [-0.05, 0) is 44.0 Å². The highest BCUT2D eigenvalue weighted by Gasteiger charge is 2.26. The molecule has 1 unspecified atom stereocenters. The number of imidazole rings is 1. The maximum atomic E-state index is 13.0. The van der Waals surface area contributed by atoms with Crippen LogP contribution in [0.2, 0.25) is 0 Å². The molecule has 1 heterocycles. The molecule has 0 saturated carbocycles. The molecule has 1 N–H and O–H groups in total. The zero-order valence-corrected chi connectivity index (χ0v) is 15.6. The Hall–Kier alpha value is -2.27. The van der Waals surface area contributed by atoms with E-state index in [1.807, 2.05) is 61.2 Å². The van der Waals surface area contributed by atoms with Crippen molar-refractivity contribution < 1.29 is 4.79 Å². The normalized spacial score (nSPS) is 12.3. The van der Waals surface area contributed by atoms with Gasteiger partial charge in [-0.15, -0.1) is 0 Å². The molecule has 1 atom stereocenters. The summed E-state index contributed by atoms with van der Waals surface area (Å²) in [4.78, 5) is 22.9. The van der Waals surface area contributed by atoms with E-state index in [0.717, 1.165) is 21.8 Å². The first-order chi connectivity index (χ1) is 12.1. The van der Waals surface area contributed by atoms with Crippen LogP contribution in [0.15, 0.2) is 53.7 Å². The zero-order valence-electron chi connectivity index (χ0n) is 14.8. The molecule has 2 aromatic carbocycles. The largest absolute Gasteiger partial charge is 0.342 e. The van der Waals surface area contributed by atoms with Gasteiger partial charge in [0.05, 0.1) is 11.0 Å². The molecular weight excluding hydrogens is 330 g/mol. The standard InChI is InChI=1S/C20H23N3OS/c1-4-23(5-2)19(24)18(15-9-7-6-8-10-15)25-20-21-16-12-11-14(3)13-17(16)22-20/h6-13,18H,4-5H2,1-3H3,(H,21,22). The molecule has 3 aromatic rings. The minimum atomic E-state index is -0.303. The predicted octanol–water partition coefficient (Wildman–Crippen LogP) is 4.57. The lowest BCUT2D eigenvalue weighted by molar-refractivity contribution is -0.130. The van der Waals surface area contributed by atoms with Crippen molar-refractivity contribution in [3.8, 4) is 0 Å². The van der Waals surface area contributed by atoms with Crippen LogP contribution in [-0.2, 0) is 4.79 Å². The van der Waals surface area contributed by atoms with Crippen LogP contribution in [0.4, 0.5) is 0 Å². The molecule has 25 heavy (non-hydrogen) atoms. The molecule has 0 radical (unpaired) electrons. The number of H-pyrrole nitrogens is 1. The topological polar surface area (TPSA) is 49.0 Å². The van der Waals surface area contributed by atoms with E-state index in [1.165, 1.54) is 17.3 Å². The molecule has 0 spiro atoms. The third kappa shape index (κ3) is 3.87. The summed E-state index contributed by atoms with van der Waals surface area (Å²) in [5.41, 5.74) is 4.12. The van der Waals surface area contributed by atoms with Crippen molar-refractivity contribution in [1.82, 2.24) is 14.9 Å². The molecule has 3 rings (SSSR count).